The predicted octanol–water partition coefficient (Wildman–Crippen LogP) is 1.91. The van der Waals surface area contributed by atoms with Gasteiger partial charge in [-0.3, -0.25) is 0 Å². The maximum atomic E-state index is 12.0. The summed E-state index contributed by atoms with van der Waals surface area (Å²) in [6, 6.07) is 3.70. The van der Waals surface area contributed by atoms with Crippen LogP contribution in [-0.2, 0) is 13.1 Å². The Bertz CT molecular complexity index is 336. The van der Waals surface area contributed by atoms with E-state index in [1.54, 1.807) is 0 Å². The van der Waals surface area contributed by atoms with Crippen LogP contribution in [0, 0.1) is 0 Å². The molecule has 0 fully saturated rings. The third kappa shape index (κ3) is 4.40. The standard InChI is InChI=1S/C11H17F3N2O/c1-2-5-16-6-3-4-9(16)7-15-8-10(17)11(12,13)14/h3-4,6,10,15,17H,2,5,7-8H2,1H3. The SMILES string of the molecule is CCCn1cccc1CNCC(O)C(F)(F)F. The van der Waals surface area contributed by atoms with Gasteiger partial charge in [-0.25, -0.2) is 0 Å². The van der Waals surface area contributed by atoms with E-state index in [0.29, 0.717) is 6.54 Å². The van der Waals surface area contributed by atoms with Gasteiger partial charge >= 0.3 is 6.18 Å². The van der Waals surface area contributed by atoms with E-state index in [2.05, 4.69) is 5.32 Å². The van der Waals surface area contributed by atoms with E-state index in [1.807, 2.05) is 29.8 Å². The van der Waals surface area contributed by atoms with Crippen LogP contribution < -0.4 is 5.32 Å². The van der Waals surface area contributed by atoms with E-state index in [-0.39, 0.29) is 0 Å². The van der Waals surface area contributed by atoms with Gasteiger partial charge in [-0.2, -0.15) is 13.2 Å². The number of hydrogen-bond acceptors (Lipinski definition) is 2. The number of rotatable bonds is 6. The van der Waals surface area contributed by atoms with E-state index in [0.717, 1.165) is 18.7 Å². The first kappa shape index (κ1) is 14.1. The molecule has 1 aromatic heterocycles. The van der Waals surface area contributed by atoms with Gasteiger partial charge in [0.1, 0.15) is 0 Å². The fourth-order valence-corrected chi connectivity index (χ4v) is 1.52. The zero-order valence-electron chi connectivity index (χ0n) is 9.67. The van der Waals surface area contributed by atoms with Crippen molar-refractivity contribution < 1.29 is 18.3 Å². The van der Waals surface area contributed by atoms with Gasteiger partial charge in [-0.15, -0.1) is 0 Å². The average molecular weight is 250 g/mol. The van der Waals surface area contributed by atoms with Crippen LogP contribution in [0.3, 0.4) is 0 Å². The maximum absolute atomic E-state index is 12.0. The van der Waals surface area contributed by atoms with Gasteiger partial charge in [0, 0.05) is 31.5 Å². The van der Waals surface area contributed by atoms with Crippen molar-refractivity contribution in [2.24, 2.45) is 0 Å². The monoisotopic (exact) mass is 250 g/mol. The van der Waals surface area contributed by atoms with Gasteiger partial charge < -0.3 is 15.0 Å². The number of aromatic nitrogens is 1. The largest absolute Gasteiger partial charge is 0.415 e. The zero-order chi connectivity index (χ0) is 12.9. The third-order valence-electron chi connectivity index (χ3n) is 2.41. The molecule has 0 saturated heterocycles. The summed E-state index contributed by atoms with van der Waals surface area (Å²) in [5.41, 5.74) is 0.918. The number of halogens is 3. The zero-order valence-corrected chi connectivity index (χ0v) is 9.67. The van der Waals surface area contributed by atoms with Crippen molar-refractivity contribution in [3.8, 4) is 0 Å². The summed E-state index contributed by atoms with van der Waals surface area (Å²) in [7, 11) is 0. The van der Waals surface area contributed by atoms with Gasteiger partial charge in [0.05, 0.1) is 0 Å². The summed E-state index contributed by atoms with van der Waals surface area (Å²) >= 11 is 0. The van der Waals surface area contributed by atoms with Crippen LogP contribution in [0.2, 0.25) is 0 Å². The molecule has 1 unspecified atom stereocenters. The Labute approximate surface area is 98.2 Å². The molecule has 17 heavy (non-hydrogen) atoms. The van der Waals surface area contributed by atoms with Gasteiger partial charge in [-0.1, -0.05) is 6.92 Å². The highest BCUT2D eigenvalue weighted by Crippen LogP contribution is 2.19. The molecule has 1 aromatic rings. The number of aliphatic hydroxyl groups is 1. The minimum absolute atomic E-state index is 0.320. The Kier molecular flexibility index (Phi) is 5.02. The summed E-state index contributed by atoms with van der Waals surface area (Å²) < 4.78 is 38.0. The average Bonchev–Trinajstić information content (AvgIpc) is 2.65. The molecule has 0 aliphatic carbocycles. The minimum atomic E-state index is -4.56. The summed E-state index contributed by atoms with van der Waals surface area (Å²) in [5.74, 6) is 0. The molecule has 1 atom stereocenters. The van der Waals surface area contributed by atoms with Crippen LogP contribution in [0.5, 0.6) is 0 Å². The van der Waals surface area contributed by atoms with Gasteiger partial charge in [-0.05, 0) is 18.6 Å². The molecular formula is C11H17F3N2O. The number of alkyl halides is 3. The molecule has 0 saturated carbocycles. The van der Waals surface area contributed by atoms with Crippen LogP contribution in [0.15, 0.2) is 18.3 Å². The Balaban J connectivity index is 2.38. The van der Waals surface area contributed by atoms with E-state index in [9.17, 15) is 13.2 Å². The van der Waals surface area contributed by atoms with Crippen LogP contribution >= 0.6 is 0 Å². The summed E-state index contributed by atoms with van der Waals surface area (Å²) in [6.45, 7) is 2.71. The van der Waals surface area contributed by atoms with Crippen LogP contribution in [0.1, 0.15) is 19.0 Å². The second-order valence-electron chi connectivity index (χ2n) is 3.88. The van der Waals surface area contributed by atoms with Crippen molar-refractivity contribution in [1.29, 1.82) is 0 Å². The van der Waals surface area contributed by atoms with Crippen molar-refractivity contribution in [3.05, 3.63) is 24.0 Å². The van der Waals surface area contributed by atoms with Gasteiger partial charge in [0.15, 0.2) is 6.10 Å². The second-order valence-corrected chi connectivity index (χ2v) is 3.88. The Morgan fingerprint density at radius 1 is 1.47 bits per heavy atom. The summed E-state index contributed by atoms with van der Waals surface area (Å²) in [4.78, 5) is 0. The van der Waals surface area contributed by atoms with Gasteiger partial charge in [0.2, 0.25) is 0 Å². The molecule has 3 nitrogen and oxygen atoms in total. The van der Waals surface area contributed by atoms with Crippen LogP contribution in [0.25, 0.3) is 0 Å². The molecule has 0 aliphatic heterocycles. The lowest BCUT2D eigenvalue weighted by molar-refractivity contribution is -0.201. The van der Waals surface area contributed by atoms with Crippen LogP contribution in [0.4, 0.5) is 13.2 Å². The topological polar surface area (TPSA) is 37.2 Å². The lowest BCUT2D eigenvalue weighted by Crippen LogP contribution is -2.38. The minimum Gasteiger partial charge on any atom is -0.382 e. The fourth-order valence-electron chi connectivity index (χ4n) is 1.52. The smallest absolute Gasteiger partial charge is 0.382 e. The molecule has 0 spiro atoms. The Morgan fingerprint density at radius 2 is 2.18 bits per heavy atom. The maximum Gasteiger partial charge on any atom is 0.415 e. The number of nitrogens with one attached hydrogen (secondary N) is 1. The van der Waals surface area contributed by atoms with Crippen LogP contribution in [-0.4, -0.2) is 28.5 Å². The predicted molar refractivity (Wildman–Crippen MR) is 58.5 cm³/mol. The first-order valence-corrected chi connectivity index (χ1v) is 5.54. The highest BCUT2D eigenvalue weighted by Gasteiger charge is 2.37. The number of aryl methyl sites for hydroxylation is 1. The molecule has 0 aromatic carbocycles. The quantitative estimate of drug-likeness (QED) is 0.809. The molecular weight excluding hydrogens is 233 g/mol. The fraction of sp³-hybridized carbons (Fsp3) is 0.636. The first-order chi connectivity index (χ1) is 7.95. The van der Waals surface area contributed by atoms with Crippen molar-refractivity contribution >= 4 is 0 Å². The third-order valence-corrected chi connectivity index (χ3v) is 2.41. The second kappa shape index (κ2) is 6.07. The normalized spacial score (nSPS) is 13.9. The molecule has 1 heterocycles. The number of aliphatic hydroxyl groups excluding tert-OH is 1. The van der Waals surface area contributed by atoms with E-state index in [4.69, 9.17) is 5.11 Å². The molecule has 0 aliphatic rings. The van der Waals surface area contributed by atoms with E-state index in [1.165, 1.54) is 0 Å². The number of hydrogen-bond donors (Lipinski definition) is 2. The summed E-state index contributed by atoms with van der Waals surface area (Å²) in [6.07, 6.45) is -4.01. The molecule has 0 radical (unpaired) electrons. The van der Waals surface area contributed by atoms with Crippen molar-refractivity contribution in [3.63, 3.8) is 0 Å². The van der Waals surface area contributed by atoms with Crippen molar-refractivity contribution in [1.82, 2.24) is 9.88 Å². The van der Waals surface area contributed by atoms with Gasteiger partial charge in [0.25, 0.3) is 0 Å². The highest BCUT2D eigenvalue weighted by atomic mass is 19.4. The lowest BCUT2D eigenvalue weighted by atomic mass is 10.3. The molecule has 2 N–H and O–H groups in total. The number of nitrogens with zero attached hydrogens (tertiary/aromatic N) is 1. The van der Waals surface area contributed by atoms with Crippen molar-refractivity contribution in [2.75, 3.05) is 6.54 Å². The Morgan fingerprint density at radius 3 is 2.76 bits per heavy atom. The molecule has 0 amide bonds. The van der Waals surface area contributed by atoms with E-state index >= 15 is 0 Å². The molecule has 0 bridgehead atoms. The summed E-state index contributed by atoms with van der Waals surface area (Å²) in [5, 5.41) is 11.4. The Hall–Kier alpha value is -1.01. The highest BCUT2D eigenvalue weighted by molar-refractivity contribution is 5.06. The molecule has 98 valence electrons. The molecule has 6 heteroatoms. The van der Waals surface area contributed by atoms with E-state index < -0.39 is 18.8 Å². The lowest BCUT2D eigenvalue weighted by Gasteiger charge is -2.15. The first-order valence-electron chi connectivity index (χ1n) is 5.54. The van der Waals surface area contributed by atoms with Crippen molar-refractivity contribution in [2.45, 2.75) is 38.7 Å². The molecule has 1 rings (SSSR count).